The quantitative estimate of drug-likeness (QED) is 0.787. The Kier molecular flexibility index (Phi) is 3.92. The van der Waals surface area contributed by atoms with Crippen molar-refractivity contribution in [3.05, 3.63) is 33.8 Å². The van der Waals surface area contributed by atoms with Gasteiger partial charge in [-0.3, -0.25) is 4.79 Å². The van der Waals surface area contributed by atoms with Crippen LogP contribution in [-0.4, -0.2) is 30.2 Å². The number of hydrogen-bond donors (Lipinski definition) is 0. The fourth-order valence-electron chi connectivity index (χ4n) is 1.82. The van der Waals surface area contributed by atoms with E-state index in [9.17, 15) is 4.79 Å². The van der Waals surface area contributed by atoms with Gasteiger partial charge in [0.2, 0.25) is 0 Å². The van der Waals surface area contributed by atoms with Gasteiger partial charge in [0.25, 0.3) is 5.91 Å². The molecule has 0 saturated carbocycles. The maximum absolute atomic E-state index is 12.2. The number of halogens is 2. The summed E-state index contributed by atoms with van der Waals surface area (Å²) in [6.07, 6.45) is 0.669. The second-order valence-electron chi connectivity index (χ2n) is 3.95. The Morgan fingerprint density at radius 2 is 2.18 bits per heavy atom. The number of hydrogen-bond acceptors (Lipinski definition) is 2. The zero-order chi connectivity index (χ0) is 12.4. The lowest BCUT2D eigenvalue weighted by molar-refractivity contribution is -0.0661. The Morgan fingerprint density at radius 1 is 1.41 bits per heavy atom. The second-order valence-corrected chi connectivity index (χ2v) is 4.77. The van der Waals surface area contributed by atoms with Crippen molar-refractivity contribution in [1.82, 2.24) is 4.90 Å². The zero-order valence-electron chi connectivity index (χ0n) is 9.45. The molecule has 5 heteroatoms. The highest BCUT2D eigenvalue weighted by atomic mass is 35.5. The van der Waals surface area contributed by atoms with Crippen molar-refractivity contribution in [2.75, 3.05) is 13.2 Å². The van der Waals surface area contributed by atoms with Crippen molar-refractivity contribution in [2.45, 2.75) is 19.6 Å². The Morgan fingerprint density at radius 3 is 2.82 bits per heavy atom. The van der Waals surface area contributed by atoms with Gasteiger partial charge in [-0.1, -0.05) is 23.2 Å². The maximum Gasteiger partial charge on any atom is 0.255 e. The SMILES string of the molecule is CC1OCCCN1C(=O)c1ccc(Cl)c(Cl)c1. The number of carbonyl (C=O) groups is 1. The average Bonchev–Trinajstić information content (AvgIpc) is 2.32. The number of benzene rings is 1. The lowest BCUT2D eigenvalue weighted by atomic mass is 10.2. The highest BCUT2D eigenvalue weighted by molar-refractivity contribution is 6.42. The monoisotopic (exact) mass is 273 g/mol. The molecule has 0 spiro atoms. The third-order valence-corrected chi connectivity index (χ3v) is 3.51. The zero-order valence-corrected chi connectivity index (χ0v) is 11.0. The van der Waals surface area contributed by atoms with Gasteiger partial charge < -0.3 is 9.64 Å². The van der Waals surface area contributed by atoms with Gasteiger partial charge in [-0.15, -0.1) is 0 Å². The molecule has 0 bridgehead atoms. The van der Waals surface area contributed by atoms with E-state index in [2.05, 4.69) is 0 Å². The van der Waals surface area contributed by atoms with Gasteiger partial charge in [0, 0.05) is 12.1 Å². The standard InChI is InChI=1S/C12H13Cl2NO2/c1-8-15(5-2-6-17-8)12(16)9-3-4-10(13)11(14)7-9/h3-4,7-8H,2,5-6H2,1H3. The van der Waals surface area contributed by atoms with Crippen LogP contribution in [0.15, 0.2) is 18.2 Å². The molecule has 0 aliphatic carbocycles. The Bertz CT molecular complexity index is 437. The molecule has 3 nitrogen and oxygen atoms in total. The van der Waals surface area contributed by atoms with Gasteiger partial charge >= 0.3 is 0 Å². The Balaban J connectivity index is 2.21. The van der Waals surface area contributed by atoms with Crippen LogP contribution in [-0.2, 0) is 4.74 Å². The molecule has 0 aromatic heterocycles. The molecule has 1 fully saturated rings. The van der Waals surface area contributed by atoms with Crippen LogP contribution in [0.3, 0.4) is 0 Å². The van der Waals surface area contributed by atoms with Crippen LogP contribution in [0.1, 0.15) is 23.7 Å². The number of ether oxygens (including phenoxy) is 1. The van der Waals surface area contributed by atoms with E-state index in [4.69, 9.17) is 27.9 Å². The van der Waals surface area contributed by atoms with Crippen LogP contribution >= 0.6 is 23.2 Å². The summed E-state index contributed by atoms with van der Waals surface area (Å²) < 4.78 is 5.43. The van der Waals surface area contributed by atoms with E-state index in [0.717, 1.165) is 6.42 Å². The molecule has 1 unspecified atom stereocenters. The molecule has 1 aromatic carbocycles. The first-order valence-corrected chi connectivity index (χ1v) is 6.23. The number of nitrogens with zero attached hydrogens (tertiary/aromatic N) is 1. The summed E-state index contributed by atoms with van der Waals surface area (Å²) in [6.45, 7) is 3.28. The number of rotatable bonds is 1. The first kappa shape index (κ1) is 12.7. The van der Waals surface area contributed by atoms with Crippen molar-refractivity contribution >= 4 is 29.1 Å². The first-order valence-electron chi connectivity index (χ1n) is 5.47. The molecule has 2 rings (SSSR count). The van der Waals surface area contributed by atoms with Crippen molar-refractivity contribution in [3.63, 3.8) is 0 Å². The highest BCUT2D eigenvalue weighted by Crippen LogP contribution is 2.24. The molecule has 17 heavy (non-hydrogen) atoms. The molecule has 1 heterocycles. The molecule has 1 saturated heterocycles. The second kappa shape index (κ2) is 5.25. The van der Waals surface area contributed by atoms with Gasteiger partial charge in [0.1, 0.15) is 6.23 Å². The minimum Gasteiger partial charge on any atom is -0.359 e. The van der Waals surface area contributed by atoms with Gasteiger partial charge in [-0.25, -0.2) is 0 Å². The van der Waals surface area contributed by atoms with Gasteiger partial charge in [-0.2, -0.15) is 0 Å². The summed E-state index contributed by atoms with van der Waals surface area (Å²) in [5, 5.41) is 0.842. The predicted molar refractivity (Wildman–Crippen MR) is 67.5 cm³/mol. The third-order valence-electron chi connectivity index (χ3n) is 2.77. The molecule has 1 aromatic rings. The van der Waals surface area contributed by atoms with Crippen LogP contribution < -0.4 is 0 Å². The van der Waals surface area contributed by atoms with Gasteiger partial charge in [0.05, 0.1) is 16.7 Å². The van der Waals surface area contributed by atoms with E-state index in [0.29, 0.717) is 28.8 Å². The summed E-state index contributed by atoms with van der Waals surface area (Å²) in [6, 6.07) is 4.90. The van der Waals surface area contributed by atoms with Crippen LogP contribution in [0.2, 0.25) is 10.0 Å². The first-order chi connectivity index (χ1) is 8.09. The van der Waals surface area contributed by atoms with Crippen molar-refractivity contribution in [2.24, 2.45) is 0 Å². The van der Waals surface area contributed by atoms with E-state index < -0.39 is 0 Å². The van der Waals surface area contributed by atoms with Crippen LogP contribution in [0.4, 0.5) is 0 Å². The van der Waals surface area contributed by atoms with Crippen LogP contribution in [0.25, 0.3) is 0 Å². The fraction of sp³-hybridized carbons (Fsp3) is 0.417. The van der Waals surface area contributed by atoms with E-state index in [-0.39, 0.29) is 12.1 Å². The van der Waals surface area contributed by atoms with E-state index in [1.54, 1.807) is 23.1 Å². The molecule has 1 aliphatic rings. The summed E-state index contributed by atoms with van der Waals surface area (Å²) in [5.41, 5.74) is 0.539. The molecule has 0 radical (unpaired) electrons. The average molecular weight is 274 g/mol. The van der Waals surface area contributed by atoms with E-state index in [1.165, 1.54) is 0 Å². The Labute approximate surface area is 110 Å². The molecular weight excluding hydrogens is 261 g/mol. The molecule has 1 atom stereocenters. The molecular formula is C12H13Cl2NO2. The van der Waals surface area contributed by atoms with E-state index in [1.807, 2.05) is 6.92 Å². The lowest BCUT2D eigenvalue weighted by Gasteiger charge is -2.33. The number of amides is 1. The summed E-state index contributed by atoms with van der Waals surface area (Å²) in [5.74, 6) is -0.0734. The normalized spacial score (nSPS) is 20.4. The summed E-state index contributed by atoms with van der Waals surface area (Å²) in [7, 11) is 0. The molecule has 1 aliphatic heterocycles. The maximum atomic E-state index is 12.2. The van der Waals surface area contributed by atoms with Crippen molar-refractivity contribution in [3.8, 4) is 0 Å². The predicted octanol–water partition coefficient (Wildman–Crippen LogP) is 3.20. The van der Waals surface area contributed by atoms with Crippen molar-refractivity contribution < 1.29 is 9.53 Å². The minimum absolute atomic E-state index is 0.0734. The topological polar surface area (TPSA) is 29.5 Å². The Hall–Kier alpha value is -0.770. The van der Waals surface area contributed by atoms with Crippen LogP contribution in [0, 0.1) is 0 Å². The number of carbonyl (C=O) groups excluding carboxylic acids is 1. The lowest BCUT2D eigenvalue weighted by Crippen LogP contribution is -2.44. The summed E-state index contributed by atoms with van der Waals surface area (Å²) >= 11 is 11.7. The van der Waals surface area contributed by atoms with Gasteiger partial charge in [-0.05, 0) is 31.5 Å². The molecule has 1 amide bonds. The fourth-order valence-corrected chi connectivity index (χ4v) is 2.12. The van der Waals surface area contributed by atoms with Crippen molar-refractivity contribution in [1.29, 1.82) is 0 Å². The van der Waals surface area contributed by atoms with E-state index >= 15 is 0 Å². The largest absolute Gasteiger partial charge is 0.359 e. The molecule has 0 N–H and O–H groups in total. The van der Waals surface area contributed by atoms with Gasteiger partial charge in [0.15, 0.2) is 0 Å². The van der Waals surface area contributed by atoms with Crippen LogP contribution in [0.5, 0.6) is 0 Å². The smallest absolute Gasteiger partial charge is 0.255 e. The minimum atomic E-state index is -0.189. The summed E-state index contributed by atoms with van der Waals surface area (Å²) in [4.78, 5) is 13.9. The highest BCUT2D eigenvalue weighted by Gasteiger charge is 2.25. The molecule has 92 valence electrons. The third kappa shape index (κ3) is 2.73.